The number of H-pyrrole nitrogens is 1. The van der Waals surface area contributed by atoms with E-state index in [2.05, 4.69) is 5.10 Å². The molecule has 0 bridgehead atoms. The van der Waals surface area contributed by atoms with E-state index in [1.807, 2.05) is 32.0 Å². The molecule has 1 aromatic carbocycles. The monoisotopic (exact) mass is 260 g/mol. The minimum absolute atomic E-state index is 0.265. The van der Waals surface area contributed by atoms with E-state index in [0.717, 1.165) is 16.8 Å². The lowest BCUT2D eigenvalue weighted by atomic mass is 10.1. The lowest BCUT2D eigenvalue weighted by molar-refractivity contribution is -0.136. The van der Waals surface area contributed by atoms with Crippen molar-refractivity contribution in [3.05, 3.63) is 50.9 Å². The molecule has 0 aliphatic heterocycles. The van der Waals surface area contributed by atoms with Gasteiger partial charge in [0.1, 0.15) is 0 Å². The number of aliphatic carboxylic acids is 1. The van der Waals surface area contributed by atoms with Crippen LogP contribution in [-0.2, 0) is 11.2 Å². The van der Waals surface area contributed by atoms with Crippen LogP contribution >= 0.6 is 0 Å². The highest BCUT2D eigenvalue weighted by atomic mass is 16.4. The molecule has 0 aliphatic carbocycles. The van der Waals surface area contributed by atoms with Gasteiger partial charge in [-0.05, 0) is 38.0 Å². The van der Waals surface area contributed by atoms with Crippen molar-refractivity contribution in [1.29, 1.82) is 0 Å². The maximum Gasteiger partial charge on any atom is 0.308 e. The van der Waals surface area contributed by atoms with Gasteiger partial charge >= 0.3 is 5.97 Å². The highest BCUT2D eigenvalue weighted by molar-refractivity contribution is 5.70. The number of aromatic amines is 1. The van der Waals surface area contributed by atoms with Crippen molar-refractivity contribution in [2.24, 2.45) is 0 Å². The van der Waals surface area contributed by atoms with E-state index in [1.165, 1.54) is 0 Å². The van der Waals surface area contributed by atoms with Crippen LogP contribution in [0.5, 0.6) is 0 Å². The topological polar surface area (TPSA) is 75.1 Å². The first-order valence-corrected chi connectivity index (χ1v) is 6.00. The molecule has 0 radical (unpaired) electrons. The Labute approximate surface area is 110 Å². The Morgan fingerprint density at radius 3 is 2.63 bits per heavy atom. The molecule has 0 unspecified atom stereocenters. The lowest BCUT2D eigenvalue weighted by Gasteiger charge is -2.10. The minimum atomic E-state index is -1.01. The number of carboxylic acid groups (broad SMARTS) is 1. The van der Waals surface area contributed by atoms with Gasteiger partial charge in [0.25, 0.3) is 5.56 Å². The fraction of sp³-hybridized carbons (Fsp3) is 0.286. The molecule has 19 heavy (non-hydrogen) atoms. The number of aryl methyl sites for hydroxylation is 2. The predicted molar refractivity (Wildman–Crippen MR) is 71.9 cm³/mol. The second-order valence-electron chi connectivity index (χ2n) is 4.70. The van der Waals surface area contributed by atoms with E-state index < -0.39 is 5.97 Å². The fourth-order valence-corrected chi connectivity index (χ4v) is 2.11. The van der Waals surface area contributed by atoms with E-state index in [-0.39, 0.29) is 12.0 Å². The average molecular weight is 260 g/mol. The zero-order valence-corrected chi connectivity index (χ0v) is 11.2. The quantitative estimate of drug-likeness (QED) is 0.882. The molecule has 1 aromatic heterocycles. The van der Waals surface area contributed by atoms with E-state index in [9.17, 15) is 9.59 Å². The van der Waals surface area contributed by atoms with Crippen LogP contribution in [0.25, 0.3) is 5.69 Å². The zero-order valence-electron chi connectivity index (χ0n) is 11.2. The third kappa shape index (κ3) is 2.45. The van der Waals surface area contributed by atoms with E-state index in [4.69, 9.17) is 5.11 Å². The summed E-state index contributed by atoms with van der Waals surface area (Å²) in [7, 11) is 0. The molecule has 2 rings (SSSR count). The molecule has 0 aliphatic rings. The average Bonchev–Trinajstić information content (AvgIpc) is 2.60. The summed E-state index contributed by atoms with van der Waals surface area (Å²) in [5, 5.41) is 11.5. The minimum Gasteiger partial charge on any atom is -0.481 e. The number of nitrogens with zero attached hydrogens (tertiary/aromatic N) is 1. The molecule has 5 heteroatoms. The van der Waals surface area contributed by atoms with Crippen molar-refractivity contribution < 1.29 is 9.90 Å². The molecule has 0 saturated carbocycles. The molecule has 1 heterocycles. The maximum absolute atomic E-state index is 11.8. The van der Waals surface area contributed by atoms with Crippen molar-refractivity contribution in [3.8, 4) is 5.69 Å². The summed E-state index contributed by atoms with van der Waals surface area (Å²) >= 11 is 0. The van der Waals surface area contributed by atoms with Gasteiger partial charge in [-0.1, -0.05) is 12.1 Å². The number of carbonyl (C=O) groups is 1. The SMILES string of the molecule is Cc1ccc(C)c(-n2[nH]c(=O)c(CC(=O)O)c2C)c1. The summed E-state index contributed by atoms with van der Waals surface area (Å²) in [6.45, 7) is 5.67. The molecule has 0 fully saturated rings. The first kappa shape index (κ1) is 13.1. The van der Waals surface area contributed by atoms with Crippen LogP contribution < -0.4 is 5.56 Å². The maximum atomic E-state index is 11.8. The highest BCUT2D eigenvalue weighted by Gasteiger charge is 2.15. The number of hydrogen-bond donors (Lipinski definition) is 2. The van der Waals surface area contributed by atoms with Gasteiger partial charge in [-0.15, -0.1) is 0 Å². The Morgan fingerprint density at radius 2 is 2.00 bits per heavy atom. The Kier molecular flexibility index (Phi) is 3.29. The van der Waals surface area contributed by atoms with Crippen molar-refractivity contribution in [2.45, 2.75) is 27.2 Å². The summed E-state index contributed by atoms with van der Waals surface area (Å²) in [5.74, 6) is -1.01. The number of carboxylic acids is 1. The molecule has 2 N–H and O–H groups in total. The van der Waals surface area contributed by atoms with Gasteiger partial charge in [-0.2, -0.15) is 0 Å². The van der Waals surface area contributed by atoms with Gasteiger partial charge in [0.15, 0.2) is 0 Å². The number of rotatable bonds is 3. The fourth-order valence-electron chi connectivity index (χ4n) is 2.11. The van der Waals surface area contributed by atoms with Gasteiger partial charge < -0.3 is 5.11 Å². The highest BCUT2D eigenvalue weighted by Crippen LogP contribution is 2.17. The summed E-state index contributed by atoms with van der Waals surface area (Å²) in [4.78, 5) is 22.6. The van der Waals surface area contributed by atoms with Crippen molar-refractivity contribution >= 4 is 5.97 Å². The molecule has 0 spiro atoms. The smallest absolute Gasteiger partial charge is 0.308 e. The van der Waals surface area contributed by atoms with Gasteiger partial charge in [0.05, 0.1) is 17.7 Å². The Balaban J connectivity index is 2.61. The number of aromatic nitrogens is 2. The molecular weight excluding hydrogens is 244 g/mol. The second kappa shape index (κ2) is 4.76. The molecule has 100 valence electrons. The van der Waals surface area contributed by atoms with Crippen LogP contribution in [0.3, 0.4) is 0 Å². The molecule has 2 aromatic rings. The second-order valence-corrected chi connectivity index (χ2v) is 4.70. The van der Waals surface area contributed by atoms with Crippen molar-refractivity contribution in [2.75, 3.05) is 0 Å². The number of benzene rings is 1. The summed E-state index contributed by atoms with van der Waals surface area (Å²) < 4.78 is 1.66. The third-order valence-corrected chi connectivity index (χ3v) is 3.19. The summed E-state index contributed by atoms with van der Waals surface area (Å²) in [6.07, 6.45) is -0.265. The Hall–Kier alpha value is -2.30. The van der Waals surface area contributed by atoms with Gasteiger partial charge in [0.2, 0.25) is 0 Å². The van der Waals surface area contributed by atoms with Crippen LogP contribution in [0.15, 0.2) is 23.0 Å². The lowest BCUT2D eigenvalue weighted by Crippen LogP contribution is -2.11. The third-order valence-electron chi connectivity index (χ3n) is 3.19. The number of hydrogen-bond acceptors (Lipinski definition) is 2. The van der Waals surface area contributed by atoms with Gasteiger partial charge in [-0.25, -0.2) is 0 Å². The molecular formula is C14H16N2O3. The van der Waals surface area contributed by atoms with E-state index >= 15 is 0 Å². The summed E-state index contributed by atoms with van der Waals surface area (Å²) in [5.41, 5.74) is 3.55. The molecule has 0 atom stereocenters. The summed E-state index contributed by atoms with van der Waals surface area (Å²) in [6, 6.07) is 5.93. The van der Waals surface area contributed by atoms with Crippen LogP contribution in [0.1, 0.15) is 22.4 Å². The Morgan fingerprint density at radius 1 is 1.32 bits per heavy atom. The van der Waals surface area contributed by atoms with Crippen LogP contribution in [0.2, 0.25) is 0 Å². The predicted octanol–water partition coefficient (Wildman–Crippen LogP) is 1.72. The molecule has 0 saturated heterocycles. The van der Waals surface area contributed by atoms with Crippen LogP contribution in [-0.4, -0.2) is 20.9 Å². The number of nitrogens with one attached hydrogen (secondary N) is 1. The molecule has 5 nitrogen and oxygen atoms in total. The largest absolute Gasteiger partial charge is 0.481 e. The van der Waals surface area contributed by atoms with E-state index in [1.54, 1.807) is 11.6 Å². The molecule has 0 amide bonds. The van der Waals surface area contributed by atoms with Crippen LogP contribution in [0, 0.1) is 20.8 Å². The van der Waals surface area contributed by atoms with Gasteiger partial charge in [0, 0.05) is 5.69 Å². The first-order valence-electron chi connectivity index (χ1n) is 6.00. The van der Waals surface area contributed by atoms with E-state index in [0.29, 0.717) is 11.3 Å². The zero-order chi connectivity index (χ0) is 14.2. The Bertz CT molecular complexity index is 695. The van der Waals surface area contributed by atoms with Crippen LogP contribution in [0.4, 0.5) is 0 Å². The standard InChI is InChI=1S/C14H16N2O3/c1-8-4-5-9(2)12(6-8)16-10(3)11(7-13(17)18)14(19)15-16/h4-6H,7H2,1-3H3,(H,15,19)(H,17,18). The van der Waals surface area contributed by atoms with Crippen molar-refractivity contribution in [1.82, 2.24) is 9.78 Å². The van der Waals surface area contributed by atoms with Crippen molar-refractivity contribution in [3.63, 3.8) is 0 Å². The normalized spacial score (nSPS) is 10.7. The van der Waals surface area contributed by atoms with Gasteiger partial charge in [-0.3, -0.25) is 19.4 Å². The first-order chi connectivity index (χ1) is 8.90.